The molecule has 0 fully saturated rings. The summed E-state index contributed by atoms with van der Waals surface area (Å²) in [6, 6.07) is 12.7. The smallest absolute Gasteiger partial charge is 0.311 e. The average Bonchev–Trinajstić information content (AvgIpc) is 2.41. The number of benzene rings is 2. The maximum Gasteiger partial charge on any atom is 0.311 e. The van der Waals surface area contributed by atoms with Crippen molar-refractivity contribution < 1.29 is 19.6 Å². The van der Waals surface area contributed by atoms with Crippen LogP contribution < -0.4 is 4.74 Å². The fraction of sp³-hybridized carbons (Fsp3) is 0.0714. The van der Waals surface area contributed by atoms with E-state index in [0.717, 1.165) is 0 Å². The number of nitro groups is 1. The van der Waals surface area contributed by atoms with Crippen molar-refractivity contribution in [3.8, 4) is 11.5 Å². The van der Waals surface area contributed by atoms with Crippen molar-refractivity contribution >= 4 is 11.7 Å². The summed E-state index contributed by atoms with van der Waals surface area (Å²) in [6.45, 7) is 0. The van der Waals surface area contributed by atoms with Gasteiger partial charge in [0.2, 0.25) is 5.75 Å². The standard InChI is InChI=1S/C14H11NO5/c16-13(17)9-10-5-4-8-12(15(18)19)14(10)20-11-6-2-1-3-7-11/h1-8H,9H2,(H,16,17). The lowest BCUT2D eigenvalue weighted by atomic mass is 10.1. The molecule has 20 heavy (non-hydrogen) atoms. The predicted molar refractivity (Wildman–Crippen MR) is 71.0 cm³/mol. The van der Waals surface area contributed by atoms with E-state index < -0.39 is 10.9 Å². The summed E-state index contributed by atoms with van der Waals surface area (Å²) in [7, 11) is 0. The highest BCUT2D eigenvalue weighted by molar-refractivity contribution is 5.72. The Balaban J connectivity index is 2.46. The van der Waals surface area contributed by atoms with Crippen molar-refractivity contribution in [2.75, 3.05) is 0 Å². The van der Waals surface area contributed by atoms with Crippen LogP contribution in [0.15, 0.2) is 48.5 Å². The van der Waals surface area contributed by atoms with Gasteiger partial charge in [-0.3, -0.25) is 14.9 Å². The molecule has 0 heterocycles. The number of rotatable bonds is 5. The van der Waals surface area contributed by atoms with E-state index in [0.29, 0.717) is 5.75 Å². The van der Waals surface area contributed by atoms with Crippen LogP contribution in [0.2, 0.25) is 0 Å². The summed E-state index contributed by atoms with van der Waals surface area (Å²) in [5.41, 5.74) is 0.00292. The van der Waals surface area contributed by atoms with Gasteiger partial charge >= 0.3 is 11.7 Å². The molecule has 0 amide bonds. The maximum atomic E-state index is 11.0. The Labute approximate surface area is 114 Å². The lowest BCUT2D eigenvalue weighted by Crippen LogP contribution is -2.04. The van der Waals surface area contributed by atoms with Crippen LogP contribution in [0.3, 0.4) is 0 Å². The Kier molecular flexibility index (Phi) is 3.95. The van der Waals surface area contributed by atoms with Crippen molar-refractivity contribution in [3.63, 3.8) is 0 Å². The van der Waals surface area contributed by atoms with Gasteiger partial charge in [-0.05, 0) is 12.1 Å². The summed E-state index contributed by atoms with van der Waals surface area (Å²) in [5.74, 6) is -0.706. The molecule has 0 aromatic heterocycles. The van der Waals surface area contributed by atoms with Gasteiger partial charge in [-0.15, -0.1) is 0 Å². The highest BCUT2D eigenvalue weighted by atomic mass is 16.6. The van der Waals surface area contributed by atoms with E-state index in [9.17, 15) is 14.9 Å². The van der Waals surface area contributed by atoms with Crippen molar-refractivity contribution in [1.29, 1.82) is 0 Å². The molecule has 6 nitrogen and oxygen atoms in total. The largest absolute Gasteiger partial charge is 0.481 e. The van der Waals surface area contributed by atoms with E-state index in [1.807, 2.05) is 0 Å². The summed E-state index contributed by atoms with van der Waals surface area (Å²) in [6.07, 6.45) is -0.343. The van der Waals surface area contributed by atoms with E-state index >= 15 is 0 Å². The summed E-state index contributed by atoms with van der Waals surface area (Å²) >= 11 is 0. The van der Waals surface area contributed by atoms with Crippen LogP contribution in [0, 0.1) is 10.1 Å². The fourth-order valence-electron chi connectivity index (χ4n) is 1.74. The average molecular weight is 273 g/mol. The lowest BCUT2D eigenvalue weighted by Gasteiger charge is -2.10. The van der Waals surface area contributed by atoms with Crippen molar-refractivity contribution in [3.05, 3.63) is 64.2 Å². The molecular weight excluding hydrogens is 262 g/mol. The van der Waals surface area contributed by atoms with Crippen molar-refractivity contribution in [2.24, 2.45) is 0 Å². The first-order valence-electron chi connectivity index (χ1n) is 5.79. The molecule has 6 heteroatoms. The van der Waals surface area contributed by atoms with Crippen LogP contribution in [0.25, 0.3) is 0 Å². The number of nitrogens with zero attached hydrogens (tertiary/aromatic N) is 1. The minimum atomic E-state index is -1.08. The molecule has 2 aromatic carbocycles. The number of carboxylic acid groups (broad SMARTS) is 1. The molecule has 0 spiro atoms. The number of carboxylic acids is 1. The van der Waals surface area contributed by atoms with E-state index in [1.54, 1.807) is 30.3 Å². The van der Waals surface area contributed by atoms with E-state index in [1.165, 1.54) is 18.2 Å². The second kappa shape index (κ2) is 5.83. The first-order chi connectivity index (χ1) is 9.58. The molecular formula is C14H11NO5. The predicted octanol–water partition coefficient (Wildman–Crippen LogP) is 3.01. The monoisotopic (exact) mass is 273 g/mol. The van der Waals surface area contributed by atoms with E-state index in [4.69, 9.17) is 9.84 Å². The van der Waals surface area contributed by atoms with Gasteiger partial charge in [0.1, 0.15) is 5.75 Å². The van der Waals surface area contributed by atoms with Gasteiger partial charge < -0.3 is 9.84 Å². The van der Waals surface area contributed by atoms with Crippen LogP contribution in [-0.4, -0.2) is 16.0 Å². The second-order valence-electron chi connectivity index (χ2n) is 4.01. The zero-order valence-electron chi connectivity index (χ0n) is 10.4. The lowest BCUT2D eigenvalue weighted by molar-refractivity contribution is -0.385. The summed E-state index contributed by atoms with van der Waals surface area (Å²) < 4.78 is 5.50. The van der Waals surface area contributed by atoms with Crippen LogP contribution in [0.5, 0.6) is 11.5 Å². The third-order valence-electron chi connectivity index (χ3n) is 2.58. The second-order valence-corrected chi connectivity index (χ2v) is 4.01. The molecule has 0 radical (unpaired) electrons. The van der Waals surface area contributed by atoms with E-state index in [-0.39, 0.29) is 23.4 Å². The van der Waals surface area contributed by atoms with Gasteiger partial charge in [-0.2, -0.15) is 0 Å². The molecule has 0 saturated heterocycles. The Bertz CT molecular complexity index is 639. The minimum Gasteiger partial charge on any atom is -0.481 e. The number of nitro benzene ring substituents is 1. The molecule has 0 aliphatic rings. The van der Waals surface area contributed by atoms with Crippen molar-refractivity contribution in [2.45, 2.75) is 6.42 Å². The third kappa shape index (κ3) is 3.11. The highest BCUT2D eigenvalue weighted by Crippen LogP contribution is 2.35. The quantitative estimate of drug-likeness (QED) is 0.668. The zero-order chi connectivity index (χ0) is 14.5. The van der Waals surface area contributed by atoms with Crippen LogP contribution in [-0.2, 0) is 11.2 Å². The number of hydrogen-bond acceptors (Lipinski definition) is 4. The third-order valence-corrected chi connectivity index (χ3v) is 2.58. The fourth-order valence-corrected chi connectivity index (χ4v) is 1.74. The topological polar surface area (TPSA) is 89.7 Å². The van der Waals surface area contributed by atoms with Crippen molar-refractivity contribution in [1.82, 2.24) is 0 Å². The Morgan fingerprint density at radius 2 is 1.85 bits per heavy atom. The number of carbonyl (C=O) groups is 1. The molecule has 102 valence electrons. The molecule has 0 atom stereocenters. The molecule has 2 rings (SSSR count). The molecule has 0 unspecified atom stereocenters. The maximum absolute atomic E-state index is 11.0. The summed E-state index contributed by atoms with van der Waals surface area (Å²) in [4.78, 5) is 21.3. The van der Waals surface area contributed by atoms with Gasteiger partial charge in [-0.25, -0.2) is 0 Å². The first kappa shape index (κ1) is 13.5. The molecule has 0 saturated carbocycles. The number of ether oxygens (including phenoxy) is 1. The number of hydrogen-bond donors (Lipinski definition) is 1. The molecule has 0 aliphatic heterocycles. The normalized spacial score (nSPS) is 10.0. The molecule has 2 aromatic rings. The van der Waals surface area contributed by atoms with Crippen LogP contribution in [0.4, 0.5) is 5.69 Å². The van der Waals surface area contributed by atoms with Gasteiger partial charge in [0.05, 0.1) is 11.3 Å². The molecule has 1 N–H and O–H groups in total. The van der Waals surface area contributed by atoms with Crippen LogP contribution in [0.1, 0.15) is 5.56 Å². The summed E-state index contributed by atoms with van der Waals surface area (Å²) in [5, 5.41) is 19.9. The van der Waals surface area contributed by atoms with Gasteiger partial charge in [-0.1, -0.05) is 30.3 Å². The first-order valence-corrected chi connectivity index (χ1v) is 5.79. The van der Waals surface area contributed by atoms with Crippen LogP contribution >= 0.6 is 0 Å². The highest BCUT2D eigenvalue weighted by Gasteiger charge is 2.21. The van der Waals surface area contributed by atoms with E-state index in [2.05, 4.69) is 0 Å². The van der Waals surface area contributed by atoms with Gasteiger partial charge in [0, 0.05) is 11.6 Å². The number of aliphatic carboxylic acids is 1. The van der Waals surface area contributed by atoms with Gasteiger partial charge in [0.15, 0.2) is 0 Å². The molecule has 0 bridgehead atoms. The Morgan fingerprint density at radius 1 is 1.15 bits per heavy atom. The minimum absolute atomic E-state index is 0.0360. The Morgan fingerprint density at radius 3 is 2.45 bits per heavy atom. The SMILES string of the molecule is O=C(O)Cc1cccc([N+](=O)[O-])c1Oc1ccccc1. The Hall–Kier alpha value is -2.89. The van der Waals surface area contributed by atoms with Gasteiger partial charge in [0.25, 0.3) is 0 Å². The zero-order valence-corrected chi connectivity index (χ0v) is 10.4. The number of para-hydroxylation sites is 2. The molecule has 0 aliphatic carbocycles.